The number of amides is 2. The van der Waals surface area contributed by atoms with Gasteiger partial charge in [0.25, 0.3) is 5.91 Å². The number of para-hydroxylation sites is 1. The monoisotopic (exact) mass is 474 g/mol. The number of fused-ring (bicyclic) bond motifs is 3. The quantitative estimate of drug-likeness (QED) is 0.576. The molecule has 33 heavy (non-hydrogen) atoms. The van der Waals surface area contributed by atoms with E-state index < -0.39 is 11.3 Å². The first-order chi connectivity index (χ1) is 16.1. The van der Waals surface area contributed by atoms with Crippen molar-refractivity contribution in [1.82, 2.24) is 10.2 Å². The smallest absolute Gasteiger partial charge is 0.259 e. The van der Waals surface area contributed by atoms with E-state index in [-0.39, 0.29) is 11.8 Å². The van der Waals surface area contributed by atoms with Crippen LogP contribution in [-0.4, -0.2) is 39.0 Å². The lowest BCUT2D eigenvalue weighted by molar-refractivity contribution is -0.124. The van der Waals surface area contributed by atoms with Crippen molar-refractivity contribution in [3.8, 4) is 0 Å². The molecule has 6 nitrogen and oxygen atoms in total. The highest BCUT2D eigenvalue weighted by molar-refractivity contribution is 8.15. The molecule has 8 heteroatoms. The van der Waals surface area contributed by atoms with Crippen LogP contribution in [0, 0.1) is 0 Å². The number of aliphatic imine (C=N–C) groups is 2. The normalized spacial score (nSPS) is 17.7. The highest BCUT2D eigenvalue weighted by atomic mass is 32.2. The SMILES string of the molecule is C[C@H](SC1=Nc2ccccc2C2=N[C@H](Cc3ccccc3)C(=O)N12)C(=O)NCc1cccs1. The third-order valence-corrected chi connectivity index (χ3v) is 7.42. The van der Waals surface area contributed by atoms with Crippen molar-refractivity contribution in [1.29, 1.82) is 0 Å². The van der Waals surface area contributed by atoms with E-state index in [1.54, 1.807) is 16.2 Å². The van der Waals surface area contributed by atoms with Gasteiger partial charge in [-0.15, -0.1) is 11.3 Å². The van der Waals surface area contributed by atoms with Gasteiger partial charge in [0.2, 0.25) is 5.91 Å². The van der Waals surface area contributed by atoms with Crippen LogP contribution < -0.4 is 5.32 Å². The Morgan fingerprint density at radius 1 is 1.12 bits per heavy atom. The maximum absolute atomic E-state index is 13.4. The van der Waals surface area contributed by atoms with Crippen molar-refractivity contribution in [2.24, 2.45) is 9.98 Å². The van der Waals surface area contributed by atoms with Gasteiger partial charge in [-0.25, -0.2) is 9.89 Å². The number of rotatable bonds is 6. The molecule has 1 N–H and O–H groups in total. The van der Waals surface area contributed by atoms with Crippen LogP contribution in [0.3, 0.4) is 0 Å². The lowest BCUT2D eigenvalue weighted by Gasteiger charge is -2.26. The second kappa shape index (κ2) is 9.33. The van der Waals surface area contributed by atoms with Crippen LogP contribution in [0.5, 0.6) is 0 Å². The molecule has 5 rings (SSSR count). The number of hydrogen-bond acceptors (Lipinski definition) is 6. The van der Waals surface area contributed by atoms with E-state index in [2.05, 4.69) is 5.32 Å². The van der Waals surface area contributed by atoms with E-state index in [1.807, 2.05) is 79.0 Å². The summed E-state index contributed by atoms with van der Waals surface area (Å²) in [5.41, 5.74) is 2.65. The minimum Gasteiger partial charge on any atom is -0.350 e. The van der Waals surface area contributed by atoms with E-state index in [9.17, 15) is 9.59 Å². The van der Waals surface area contributed by atoms with E-state index >= 15 is 0 Å². The zero-order valence-corrected chi connectivity index (χ0v) is 19.6. The molecule has 2 aliphatic heterocycles. The molecule has 0 fully saturated rings. The Labute approximate surface area is 200 Å². The molecule has 2 amide bonds. The van der Waals surface area contributed by atoms with E-state index in [4.69, 9.17) is 9.98 Å². The molecule has 0 radical (unpaired) electrons. The Kier molecular flexibility index (Phi) is 6.11. The molecule has 0 saturated heterocycles. The third-order valence-electron chi connectivity index (χ3n) is 5.49. The molecule has 2 atom stereocenters. The van der Waals surface area contributed by atoms with Crippen molar-refractivity contribution < 1.29 is 9.59 Å². The molecule has 2 aromatic carbocycles. The zero-order chi connectivity index (χ0) is 22.8. The minimum absolute atomic E-state index is 0.0964. The molecule has 0 bridgehead atoms. The van der Waals surface area contributed by atoms with Crippen molar-refractivity contribution in [2.45, 2.75) is 31.2 Å². The van der Waals surface area contributed by atoms with Crippen LogP contribution >= 0.6 is 23.1 Å². The van der Waals surface area contributed by atoms with E-state index in [0.717, 1.165) is 21.7 Å². The van der Waals surface area contributed by atoms with E-state index in [1.165, 1.54) is 11.8 Å². The predicted octanol–water partition coefficient (Wildman–Crippen LogP) is 4.39. The summed E-state index contributed by atoms with van der Waals surface area (Å²) in [4.78, 5) is 38.4. The maximum Gasteiger partial charge on any atom is 0.259 e. The molecule has 2 aliphatic rings. The molecule has 0 unspecified atom stereocenters. The number of carbonyl (C=O) groups is 2. The van der Waals surface area contributed by atoms with Crippen LogP contribution in [0.4, 0.5) is 5.69 Å². The van der Waals surface area contributed by atoms with Gasteiger partial charge in [-0.2, -0.15) is 0 Å². The molecule has 1 aromatic heterocycles. The van der Waals surface area contributed by atoms with Crippen molar-refractivity contribution in [2.75, 3.05) is 0 Å². The molecule has 166 valence electrons. The molecule has 0 aliphatic carbocycles. The summed E-state index contributed by atoms with van der Waals surface area (Å²) in [5, 5.41) is 5.03. The average molecular weight is 475 g/mol. The number of benzene rings is 2. The number of thioether (sulfide) groups is 1. The Hall–Kier alpha value is -3.23. The Morgan fingerprint density at radius 3 is 2.70 bits per heavy atom. The Morgan fingerprint density at radius 2 is 1.91 bits per heavy atom. The lowest BCUT2D eigenvalue weighted by Crippen LogP contribution is -2.43. The first-order valence-corrected chi connectivity index (χ1v) is 12.5. The number of hydrogen-bond donors (Lipinski definition) is 1. The molecule has 0 spiro atoms. The summed E-state index contributed by atoms with van der Waals surface area (Å²) in [6.07, 6.45) is 0.524. The number of nitrogens with zero attached hydrogens (tertiary/aromatic N) is 3. The fourth-order valence-corrected chi connectivity index (χ4v) is 5.38. The zero-order valence-electron chi connectivity index (χ0n) is 18.0. The van der Waals surface area contributed by atoms with Gasteiger partial charge in [0, 0.05) is 16.9 Å². The Bertz CT molecular complexity index is 1240. The molecule has 3 heterocycles. The summed E-state index contributed by atoms with van der Waals surface area (Å²) >= 11 is 2.89. The van der Waals surface area contributed by atoms with Crippen LogP contribution in [-0.2, 0) is 22.6 Å². The number of thiophene rings is 1. The van der Waals surface area contributed by atoms with Crippen molar-refractivity contribution >= 4 is 51.6 Å². The predicted molar refractivity (Wildman–Crippen MR) is 134 cm³/mol. The van der Waals surface area contributed by atoms with Gasteiger partial charge in [-0.1, -0.05) is 60.3 Å². The second-order valence-corrected chi connectivity index (χ2v) is 10.1. The standard InChI is InChI=1S/C25H22N4O2S2/c1-16(23(30)26-15-18-10-7-13-32-18)33-25-28-20-12-6-5-11-19(20)22-27-21(24(31)29(22)25)14-17-8-3-2-4-9-17/h2-13,16,21H,14-15H2,1H3,(H,26,30)/t16-,21+/m0/s1. The maximum atomic E-state index is 13.4. The molecular formula is C25H22N4O2S2. The van der Waals surface area contributed by atoms with Gasteiger partial charge >= 0.3 is 0 Å². The van der Waals surface area contributed by atoms with E-state index in [0.29, 0.717) is 24.0 Å². The van der Waals surface area contributed by atoms with Crippen molar-refractivity contribution in [3.63, 3.8) is 0 Å². The number of amidine groups is 2. The average Bonchev–Trinajstić information content (AvgIpc) is 3.47. The van der Waals surface area contributed by atoms with Crippen LogP contribution in [0.2, 0.25) is 0 Å². The largest absolute Gasteiger partial charge is 0.350 e. The van der Waals surface area contributed by atoms with Gasteiger partial charge in [0.05, 0.1) is 17.5 Å². The third kappa shape index (κ3) is 4.49. The molecular weight excluding hydrogens is 452 g/mol. The highest BCUT2D eigenvalue weighted by Crippen LogP contribution is 2.35. The van der Waals surface area contributed by atoms with Gasteiger partial charge in [0.1, 0.15) is 11.9 Å². The highest BCUT2D eigenvalue weighted by Gasteiger charge is 2.42. The minimum atomic E-state index is -0.512. The fraction of sp³-hybridized carbons (Fsp3) is 0.200. The van der Waals surface area contributed by atoms with Crippen LogP contribution in [0.1, 0.15) is 22.9 Å². The summed E-state index contributed by atoms with van der Waals surface area (Å²) in [6.45, 7) is 2.32. The fourth-order valence-electron chi connectivity index (χ4n) is 3.79. The summed E-state index contributed by atoms with van der Waals surface area (Å²) in [6, 6.07) is 21.0. The van der Waals surface area contributed by atoms with Gasteiger partial charge in [0.15, 0.2) is 5.17 Å². The van der Waals surface area contributed by atoms with Gasteiger partial charge in [-0.05, 0) is 36.1 Å². The first-order valence-electron chi connectivity index (χ1n) is 10.7. The number of nitrogens with one attached hydrogen (secondary N) is 1. The summed E-state index contributed by atoms with van der Waals surface area (Å²) in [5.74, 6) is 0.405. The molecule has 3 aromatic rings. The molecule has 0 saturated carbocycles. The first kappa shape index (κ1) is 21.6. The summed E-state index contributed by atoms with van der Waals surface area (Å²) < 4.78 is 0. The van der Waals surface area contributed by atoms with Crippen LogP contribution in [0.15, 0.2) is 82.1 Å². The van der Waals surface area contributed by atoms with Crippen LogP contribution in [0.25, 0.3) is 0 Å². The van der Waals surface area contributed by atoms with Crippen molar-refractivity contribution in [3.05, 3.63) is 88.1 Å². The van der Waals surface area contributed by atoms with Gasteiger partial charge in [-0.3, -0.25) is 14.6 Å². The number of carbonyl (C=O) groups excluding carboxylic acids is 2. The van der Waals surface area contributed by atoms with Gasteiger partial charge < -0.3 is 5.32 Å². The lowest BCUT2D eigenvalue weighted by atomic mass is 10.1. The second-order valence-electron chi connectivity index (χ2n) is 7.80. The summed E-state index contributed by atoms with van der Waals surface area (Å²) in [7, 11) is 0. The Balaban J connectivity index is 1.37. The topological polar surface area (TPSA) is 74.1 Å².